The van der Waals surface area contributed by atoms with Crippen molar-refractivity contribution in [1.82, 2.24) is 4.90 Å². The number of nitrogens with two attached hydrogens (primary N) is 1. The van der Waals surface area contributed by atoms with Crippen LogP contribution in [0.5, 0.6) is 0 Å². The smallest absolute Gasteiger partial charge is 0.239 e. The molecule has 1 aliphatic heterocycles. The SMILES string of the molecule is CC1(C)CN(C(=O)C2(Sc3ccccc3)CCCC2)CCC1N.Cl. The number of thioether (sulfide) groups is 1. The fourth-order valence-corrected chi connectivity index (χ4v) is 5.31. The number of amides is 1. The van der Waals surface area contributed by atoms with Crippen molar-refractivity contribution in [1.29, 1.82) is 0 Å². The van der Waals surface area contributed by atoms with Gasteiger partial charge in [-0.2, -0.15) is 0 Å². The summed E-state index contributed by atoms with van der Waals surface area (Å²) in [7, 11) is 0. The van der Waals surface area contributed by atoms with Gasteiger partial charge >= 0.3 is 0 Å². The van der Waals surface area contributed by atoms with Crippen molar-refractivity contribution in [2.45, 2.75) is 61.6 Å². The first kappa shape index (κ1) is 19.6. The zero-order valence-electron chi connectivity index (χ0n) is 14.7. The monoisotopic (exact) mass is 368 g/mol. The Bertz CT molecular complexity index is 558. The lowest BCUT2D eigenvalue weighted by Crippen LogP contribution is -2.57. The van der Waals surface area contributed by atoms with Crippen LogP contribution in [0.3, 0.4) is 0 Å². The minimum absolute atomic E-state index is 0. The summed E-state index contributed by atoms with van der Waals surface area (Å²) < 4.78 is -0.265. The molecule has 0 bridgehead atoms. The predicted octanol–water partition coefficient (Wildman–Crippen LogP) is 4.10. The molecule has 1 unspecified atom stereocenters. The average Bonchev–Trinajstić information content (AvgIpc) is 3.00. The van der Waals surface area contributed by atoms with Gasteiger partial charge in [0, 0.05) is 24.0 Å². The molecule has 1 aromatic carbocycles. The number of halogens is 1. The minimum atomic E-state index is -0.265. The molecule has 2 aliphatic rings. The molecule has 3 rings (SSSR count). The van der Waals surface area contributed by atoms with E-state index in [0.29, 0.717) is 5.91 Å². The zero-order valence-corrected chi connectivity index (χ0v) is 16.3. The van der Waals surface area contributed by atoms with E-state index in [2.05, 4.69) is 43.0 Å². The second-order valence-corrected chi connectivity index (χ2v) is 9.18. The van der Waals surface area contributed by atoms with Crippen LogP contribution in [0.1, 0.15) is 46.0 Å². The second kappa shape index (κ2) is 7.67. The van der Waals surface area contributed by atoms with E-state index < -0.39 is 0 Å². The molecule has 1 aromatic rings. The van der Waals surface area contributed by atoms with Gasteiger partial charge in [-0.15, -0.1) is 24.2 Å². The molecule has 5 heteroatoms. The Labute approximate surface area is 156 Å². The maximum absolute atomic E-state index is 13.4. The molecule has 1 amide bonds. The summed E-state index contributed by atoms with van der Waals surface area (Å²) in [6.07, 6.45) is 5.21. The van der Waals surface area contributed by atoms with Crippen LogP contribution in [-0.2, 0) is 4.79 Å². The lowest BCUT2D eigenvalue weighted by Gasteiger charge is -2.45. The van der Waals surface area contributed by atoms with Crippen molar-refractivity contribution in [2.75, 3.05) is 13.1 Å². The van der Waals surface area contributed by atoms with Gasteiger partial charge in [0.05, 0.1) is 4.75 Å². The van der Waals surface area contributed by atoms with Gasteiger partial charge < -0.3 is 10.6 Å². The van der Waals surface area contributed by atoms with Crippen LogP contribution in [-0.4, -0.2) is 34.7 Å². The normalized spacial score (nSPS) is 25.1. The van der Waals surface area contributed by atoms with Gasteiger partial charge in [-0.3, -0.25) is 4.79 Å². The van der Waals surface area contributed by atoms with Crippen LogP contribution in [0.2, 0.25) is 0 Å². The third-order valence-corrected chi connectivity index (χ3v) is 6.94. The lowest BCUT2D eigenvalue weighted by atomic mass is 9.79. The highest BCUT2D eigenvalue weighted by Gasteiger charge is 2.47. The molecule has 1 saturated carbocycles. The molecule has 1 saturated heterocycles. The number of hydrogen-bond acceptors (Lipinski definition) is 3. The quantitative estimate of drug-likeness (QED) is 0.873. The molecular formula is C19H29ClN2OS. The van der Waals surface area contributed by atoms with Crippen molar-refractivity contribution in [3.63, 3.8) is 0 Å². The molecular weight excluding hydrogens is 340 g/mol. The summed E-state index contributed by atoms with van der Waals surface area (Å²) in [6.45, 7) is 5.95. The number of piperidine rings is 1. The molecule has 0 radical (unpaired) electrons. The molecule has 2 N–H and O–H groups in total. The molecule has 1 aliphatic carbocycles. The van der Waals surface area contributed by atoms with Crippen LogP contribution in [0.15, 0.2) is 35.2 Å². The van der Waals surface area contributed by atoms with Gasteiger partial charge in [0.2, 0.25) is 5.91 Å². The summed E-state index contributed by atoms with van der Waals surface area (Å²) in [5.41, 5.74) is 6.25. The number of hydrogen-bond donors (Lipinski definition) is 1. The van der Waals surface area contributed by atoms with Gasteiger partial charge in [-0.1, -0.05) is 44.9 Å². The molecule has 0 spiro atoms. The van der Waals surface area contributed by atoms with E-state index in [1.165, 1.54) is 4.90 Å². The summed E-state index contributed by atoms with van der Waals surface area (Å²) in [6, 6.07) is 10.6. The van der Waals surface area contributed by atoms with E-state index in [9.17, 15) is 4.79 Å². The maximum Gasteiger partial charge on any atom is 0.239 e. The van der Waals surface area contributed by atoms with Crippen LogP contribution in [0.4, 0.5) is 0 Å². The second-order valence-electron chi connectivity index (χ2n) is 7.73. The topological polar surface area (TPSA) is 46.3 Å². The van der Waals surface area contributed by atoms with Crippen LogP contribution in [0, 0.1) is 5.41 Å². The number of rotatable bonds is 3. The van der Waals surface area contributed by atoms with Gasteiger partial charge in [-0.05, 0) is 36.8 Å². The summed E-state index contributed by atoms with van der Waals surface area (Å²) >= 11 is 1.78. The van der Waals surface area contributed by atoms with E-state index in [-0.39, 0.29) is 28.6 Å². The Morgan fingerprint density at radius 2 is 1.83 bits per heavy atom. The molecule has 1 atom stereocenters. The van der Waals surface area contributed by atoms with Gasteiger partial charge in [-0.25, -0.2) is 0 Å². The number of carbonyl (C=O) groups is 1. The van der Waals surface area contributed by atoms with Gasteiger partial charge in [0.15, 0.2) is 0 Å². The summed E-state index contributed by atoms with van der Waals surface area (Å²) in [5.74, 6) is 0.337. The molecule has 24 heavy (non-hydrogen) atoms. The molecule has 3 nitrogen and oxygen atoms in total. The summed E-state index contributed by atoms with van der Waals surface area (Å²) in [4.78, 5) is 16.7. The Kier molecular flexibility index (Phi) is 6.27. The minimum Gasteiger partial charge on any atom is -0.341 e. The maximum atomic E-state index is 13.4. The van der Waals surface area contributed by atoms with E-state index >= 15 is 0 Å². The highest BCUT2D eigenvalue weighted by atomic mass is 35.5. The summed E-state index contributed by atoms with van der Waals surface area (Å²) in [5, 5.41) is 0. The van der Waals surface area contributed by atoms with Crippen molar-refractivity contribution in [2.24, 2.45) is 11.1 Å². The highest BCUT2D eigenvalue weighted by molar-refractivity contribution is 8.01. The Morgan fingerprint density at radius 1 is 1.21 bits per heavy atom. The molecule has 134 valence electrons. The van der Waals surface area contributed by atoms with Crippen molar-refractivity contribution in [3.8, 4) is 0 Å². The van der Waals surface area contributed by atoms with E-state index in [4.69, 9.17) is 5.73 Å². The first-order valence-electron chi connectivity index (χ1n) is 8.72. The van der Waals surface area contributed by atoms with Crippen LogP contribution < -0.4 is 5.73 Å². The van der Waals surface area contributed by atoms with Crippen LogP contribution >= 0.6 is 24.2 Å². The largest absolute Gasteiger partial charge is 0.341 e. The lowest BCUT2D eigenvalue weighted by molar-refractivity contribution is -0.137. The fraction of sp³-hybridized carbons (Fsp3) is 0.632. The number of carbonyl (C=O) groups excluding carboxylic acids is 1. The standard InChI is InChI=1S/C19H28N2OS.ClH/c1-18(2)14-21(13-10-16(18)20)17(22)19(11-6-7-12-19)23-15-8-4-3-5-9-15;/h3-5,8-9,16H,6-7,10-14,20H2,1-2H3;1H. The Balaban J connectivity index is 0.00000208. The molecule has 2 fully saturated rings. The van der Waals surface area contributed by atoms with Gasteiger partial charge in [0.1, 0.15) is 0 Å². The number of nitrogens with zero attached hydrogens (tertiary/aromatic N) is 1. The number of likely N-dealkylation sites (tertiary alicyclic amines) is 1. The first-order valence-corrected chi connectivity index (χ1v) is 9.54. The third kappa shape index (κ3) is 3.92. The predicted molar refractivity (Wildman–Crippen MR) is 104 cm³/mol. The molecule has 1 heterocycles. The van der Waals surface area contributed by atoms with E-state index in [1.807, 2.05) is 6.07 Å². The van der Waals surface area contributed by atoms with E-state index in [0.717, 1.165) is 45.2 Å². The number of benzene rings is 1. The Morgan fingerprint density at radius 3 is 2.42 bits per heavy atom. The van der Waals surface area contributed by atoms with E-state index in [1.54, 1.807) is 11.8 Å². The molecule has 0 aromatic heterocycles. The van der Waals surface area contributed by atoms with Crippen molar-refractivity contribution < 1.29 is 4.79 Å². The third-order valence-electron chi connectivity index (χ3n) is 5.46. The average molecular weight is 369 g/mol. The van der Waals surface area contributed by atoms with Gasteiger partial charge in [0.25, 0.3) is 0 Å². The first-order chi connectivity index (χ1) is 10.9. The van der Waals surface area contributed by atoms with Crippen molar-refractivity contribution >= 4 is 30.1 Å². The van der Waals surface area contributed by atoms with Crippen LogP contribution in [0.25, 0.3) is 0 Å². The fourth-order valence-electron chi connectivity index (χ4n) is 3.86. The Hall–Kier alpha value is -0.710. The highest BCUT2D eigenvalue weighted by Crippen LogP contribution is 2.47. The van der Waals surface area contributed by atoms with Crippen molar-refractivity contribution in [3.05, 3.63) is 30.3 Å². The zero-order chi connectivity index (χ0) is 16.5.